The molecule has 1 fully saturated rings. The maximum atomic E-state index is 14.0. The first kappa shape index (κ1) is 26.6. The summed E-state index contributed by atoms with van der Waals surface area (Å²) in [7, 11) is 1.63. The minimum Gasteiger partial charge on any atom is -0.456 e. The van der Waals surface area contributed by atoms with Crippen molar-refractivity contribution in [1.29, 1.82) is 5.26 Å². The summed E-state index contributed by atoms with van der Waals surface area (Å²) >= 11 is 1.07. The van der Waals surface area contributed by atoms with E-state index in [1.807, 2.05) is 0 Å². The first-order valence-electron chi connectivity index (χ1n) is 12.5. The molecular weight excluding hydrogens is 517 g/mol. The number of fused-ring (bicyclic) bond motifs is 1. The Hall–Kier alpha value is -4.00. The summed E-state index contributed by atoms with van der Waals surface area (Å²) in [5, 5.41) is 23.5. The van der Waals surface area contributed by atoms with Crippen molar-refractivity contribution in [3.05, 3.63) is 80.3 Å². The first-order valence-corrected chi connectivity index (χ1v) is 13.3. The number of ether oxygens (including phenoxy) is 1. The molecule has 0 radical (unpaired) electrons. The number of hydrogen-bond donors (Lipinski definition) is 2. The number of nitrogens with one attached hydrogen (secondary N) is 1. The third-order valence-corrected chi connectivity index (χ3v) is 8.14. The van der Waals surface area contributed by atoms with Crippen molar-refractivity contribution in [3.63, 3.8) is 0 Å². The number of halogens is 1. The number of thiophene rings is 1. The van der Waals surface area contributed by atoms with Gasteiger partial charge in [0, 0.05) is 29.8 Å². The zero-order valence-electron chi connectivity index (χ0n) is 22.3. The van der Waals surface area contributed by atoms with Crippen LogP contribution in [0.2, 0.25) is 0 Å². The van der Waals surface area contributed by atoms with Gasteiger partial charge < -0.3 is 19.7 Å². The summed E-state index contributed by atoms with van der Waals surface area (Å²) in [6, 6.07) is 11.9. The molecule has 7 nitrogen and oxygen atoms in total. The van der Waals surface area contributed by atoms with Gasteiger partial charge in [-0.15, -0.1) is 11.3 Å². The average Bonchev–Trinajstić information content (AvgIpc) is 3.49. The van der Waals surface area contributed by atoms with Gasteiger partial charge in [-0.25, -0.2) is 4.39 Å². The largest absolute Gasteiger partial charge is 0.456 e. The second-order valence-electron chi connectivity index (χ2n) is 10.7. The van der Waals surface area contributed by atoms with Gasteiger partial charge in [0.1, 0.15) is 27.6 Å². The molecule has 2 aromatic heterocycles. The number of benzene rings is 2. The maximum Gasteiger partial charge on any atom is 0.268 e. The molecule has 2 aromatic carbocycles. The number of pyridine rings is 1. The van der Waals surface area contributed by atoms with Gasteiger partial charge in [0.25, 0.3) is 11.5 Å². The molecule has 4 aromatic rings. The smallest absolute Gasteiger partial charge is 0.268 e. The van der Waals surface area contributed by atoms with Crippen LogP contribution in [0.5, 0.6) is 11.5 Å². The molecule has 0 spiro atoms. The second kappa shape index (κ2) is 9.33. The van der Waals surface area contributed by atoms with E-state index in [0.29, 0.717) is 67.1 Å². The molecule has 9 heteroatoms. The lowest BCUT2D eigenvalue weighted by Gasteiger charge is -2.22. The Morgan fingerprint density at radius 3 is 2.44 bits per heavy atom. The van der Waals surface area contributed by atoms with Crippen LogP contribution in [0.1, 0.15) is 53.1 Å². The van der Waals surface area contributed by atoms with Gasteiger partial charge >= 0.3 is 0 Å². The van der Waals surface area contributed by atoms with E-state index in [0.717, 1.165) is 11.3 Å². The van der Waals surface area contributed by atoms with Crippen LogP contribution in [0.25, 0.3) is 21.2 Å². The highest BCUT2D eigenvalue weighted by Crippen LogP contribution is 2.42. The summed E-state index contributed by atoms with van der Waals surface area (Å²) in [6.07, 6.45) is 2.87. The SMILES string of the molecule is Cc1cc(F)cc(C)c1Oc1ccc(C(C)(C)O)cc1-c1cn(C)c(=O)c2sc(C(=O)NC3(C#N)CC3)cc12. The summed E-state index contributed by atoms with van der Waals surface area (Å²) in [5.41, 5.74) is 0.829. The number of aliphatic hydroxyl groups is 1. The lowest BCUT2D eigenvalue weighted by Crippen LogP contribution is -2.35. The summed E-state index contributed by atoms with van der Waals surface area (Å²) < 4.78 is 22.2. The molecule has 0 aliphatic heterocycles. The van der Waals surface area contributed by atoms with Crippen LogP contribution in [0.4, 0.5) is 4.39 Å². The second-order valence-corrected chi connectivity index (χ2v) is 11.8. The van der Waals surface area contributed by atoms with Crippen molar-refractivity contribution in [2.24, 2.45) is 7.05 Å². The van der Waals surface area contributed by atoms with Crippen LogP contribution in [-0.2, 0) is 12.6 Å². The summed E-state index contributed by atoms with van der Waals surface area (Å²) in [4.78, 5) is 26.4. The predicted octanol–water partition coefficient (Wildman–Crippen LogP) is 5.83. The standard InChI is InChI=1S/C30H28FN3O4S/c1-16-10-19(31)11-17(2)25(16)38-23-7-6-18(29(3,4)37)12-20(23)22-14-34(5)28(36)26-21(22)13-24(39-26)27(35)33-30(15-32)8-9-30/h6-7,10-14,37H,8-9H2,1-5H3,(H,33,35). The monoisotopic (exact) mass is 545 g/mol. The lowest BCUT2D eigenvalue weighted by molar-refractivity contribution is 0.0786. The Morgan fingerprint density at radius 1 is 1.18 bits per heavy atom. The quantitative estimate of drug-likeness (QED) is 0.317. The number of aromatic nitrogens is 1. The van der Waals surface area contributed by atoms with E-state index in [2.05, 4.69) is 11.4 Å². The highest BCUT2D eigenvalue weighted by atomic mass is 32.1. The minimum atomic E-state index is -1.16. The molecule has 0 saturated heterocycles. The highest BCUT2D eigenvalue weighted by Gasteiger charge is 2.45. The molecule has 0 unspecified atom stereocenters. The molecule has 1 saturated carbocycles. The van der Waals surface area contributed by atoms with Gasteiger partial charge in [0.2, 0.25) is 0 Å². The van der Waals surface area contributed by atoms with E-state index in [1.54, 1.807) is 65.2 Å². The molecule has 0 atom stereocenters. The summed E-state index contributed by atoms with van der Waals surface area (Å²) in [6.45, 7) is 6.87. The molecule has 2 heterocycles. The predicted molar refractivity (Wildman–Crippen MR) is 149 cm³/mol. The third kappa shape index (κ3) is 4.93. The summed E-state index contributed by atoms with van der Waals surface area (Å²) in [5.74, 6) is 0.191. The number of rotatable bonds is 6. The number of amides is 1. The van der Waals surface area contributed by atoms with Crippen LogP contribution in [-0.4, -0.2) is 21.1 Å². The van der Waals surface area contributed by atoms with Crippen LogP contribution in [0, 0.1) is 31.0 Å². The van der Waals surface area contributed by atoms with Gasteiger partial charge in [-0.05, 0) is 87.6 Å². The lowest BCUT2D eigenvalue weighted by atomic mass is 9.93. The minimum absolute atomic E-state index is 0.259. The fourth-order valence-electron chi connectivity index (χ4n) is 4.61. The van der Waals surface area contributed by atoms with E-state index < -0.39 is 17.0 Å². The van der Waals surface area contributed by atoms with Crippen LogP contribution in [0.15, 0.2) is 47.4 Å². The number of nitriles is 1. The highest BCUT2D eigenvalue weighted by molar-refractivity contribution is 7.20. The zero-order valence-corrected chi connectivity index (χ0v) is 23.1. The topological polar surface area (TPSA) is 104 Å². The van der Waals surface area contributed by atoms with Crippen molar-refractivity contribution >= 4 is 27.3 Å². The number of hydrogen-bond acceptors (Lipinski definition) is 6. The van der Waals surface area contributed by atoms with Gasteiger partial charge in [0.05, 0.1) is 16.5 Å². The van der Waals surface area contributed by atoms with Gasteiger partial charge in [-0.1, -0.05) is 6.07 Å². The molecule has 2 N–H and O–H groups in total. The Labute approximate surface area is 229 Å². The molecular formula is C30H28FN3O4S. The number of carbonyl (C=O) groups excluding carboxylic acids is 1. The van der Waals surface area contributed by atoms with E-state index >= 15 is 0 Å². The van der Waals surface area contributed by atoms with E-state index in [-0.39, 0.29) is 11.4 Å². The van der Waals surface area contributed by atoms with E-state index in [1.165, 1.54) is 16.7 Å². The number of nitrogens with zero attached hydrogens (tertiary/aromatic N) is 2. The number of carbonyl (C=O) groups is 1. The third-order valence-electron chi connectivity index (χ3n) is 7.01. The van der Waals surface area contributed by atoms with Crippen molar-refractivity contribution in [2.45, 2.75) is 51.7 Å². The fraction of sp³-hybridized carbons (Fsp3) is 0.300. The maximum absolute atomic E-state index is 14.0. The van der Waals surface area contributed by atoms with Gasteiger partial charge in [-0.2, -0.15) is 5.26 Å². The average molecular weight is 546 g/mol. The van der Waals surface area contributed by atoms with Gasteiger partial charge in [0.15, 0.2) is 0 Å². The molecule has 5 rings (SSSR count). The molecule has 1 aliphatic rings. The van der Waals surface area contributed by atoms with Gasteiger partial charge in [-0.3, -0.25) is 9.59 Å². The van der Waals surface area contributed by atoms with Crippen molar-refractivity contribution < 1.29 is 19.0 Å². The van der Waals surface area contributed by atoms with Crippen molar-refractivity contribution in [2.75, 3.05) is 0 Å². The Kier molecular flexibility index (Phi) is 6.36. The normalized spacial score (nSPS) is 14.2. The Bertz CT molecular complexity index is 1730. The van der Waals surface area contributed by atoms with Crippen LogP contribution >= 0.6 is 11.3 Å². The Morgan fingerprint density at radius 2 is 1.85 bits per heavy atom. The van der Waals surface area contributed by atoms with E-state index in [9.17, 15) is 24.3 Å². The van der Waals surface area contributed by atoms with Crippen molar-refractivity contribution in [1.82, 2.24) is 9.88 Å². The first-order chi connectivity index (χ1) is 18.3. The molecule has 39 heavy (non-hydrogen) atoms. The molecule has 1 aliphatic carbocycles. The van der Waals surface area contributed by atoms with Crippen LogP contribution < -0.4 is 15.6 Å². The molecule has 1 amide bonds. The zero-order chi connectivity index (χ0) is 28.3. The molecule has 200 valence electrons. The van der Waals surface area contributed by atoms with Crippen LogP contribution in [0.3, 0.4) is 0 Å². The van der Waals surface area contributed by atoms with E-state index in [4.69, 9.17) is 4.74 Å². The number of aryl methyl sites for hydroxylation is 3. The van der Waals surface area contributed by atoms with Crippen molar-refractivity contribution in [3.8, 4) is 28.7 Å². The Balaban J connectivity index is 1.71. The molecule has 0 bridgehead atoms. The fourth-order valence-corrected chi connectivity index (χ4v) is 5.66.